The Bertz CT molecular complexity index is 519. The van der Waals surface area contributed by atoms with Gasteiger partial charge < -0.3 is 0 Å². The van der Waals surface area contributed by atoms with E-state index in [0.717, 1.165) is 15.7 Å². The van der Waals surface area contributed by atoms with Crippen molar-refractivity contribution in [3.05, 3.63) is 46.2 Å². The lowest BCUT2D eigenvalue weighted by Crippen LogP contribution is -2.06. The van der Waals surface area contributed by atoms with Gasteiger partial charge >= 0.3 is 0 Å². The molecule has 2 aromatic rings. The molecule has 0 radical (unpaired) electrons. The maximum atomic E-state index is 11.8. The number of carbonyl (C=O) groups is 1. The first-order valence-electron chi connectivity index (χ1n) is 5.25. The molecular weight excluding hydrogens is 282 g/mol. The Morgan fingerprint density at radius 1 is 1.29 bits per heavy atom. The number of hydrogen-bond acceptors (Lipinski definition) is 3. The van der Waals surface area contributed by atoms with Crippen molar-refractivity contribution in [2.45, 2.75) is 12.8 Å². The molecule has 5 heteroatoms. The van der Waals surface area contributed by atoms with Crippen molar-refractivity contribution in [3.8, 4) is 0 Å². The lowest BCUT2D eigenvalue weighted by molar-refractivity contribution is -0.117. The van der Waals surface area contributed by atoms with E-state index in [-0.39, 0.29) is 5.78 Å². The summed E-state index contributed by atoms with van der Waals surface area (Å²) in [5.41, 5.74) is 1.73. The van der Waals surface area contributed by atoms with Crippen molar-refractivity contribution in [1.29, 1.82) is 0 Å². The van der Waals surface area contributed by atoms with E-state index in [1.54, 1.807) is 17.9 Å². The summed E-state index contributed by atoms with van der Waals surface area (Å²) in [5, 5.41) is 7.69. The Hall–Kier alpha value is -1.49. The number of rotatable bonds is 4. The highest BCUT2D eigenvalue weighted by molar-refractivity contribution is 9.10. The molecule has 0 bridgehead atoms. The van der Waals surface area contributed by atoms with E-state index in [1.165, 1.54) is 0 Å². The minimum absolute atomic E-state index is 0.146. The summed E-state index contributed by atoms with van der Waals surface area (Å²) in [7, 11) is 1.79. The third-order valence-electron chi connectivity index (χ3n) is 2.34. The van der Waals surface area contributed by atoms with Gasteiger partial charge in [-0.1, -0.05) is 33.3 Å². The van der Waals surface area contributed by atoms with Crippen molar-refractivity contribution >= 4 is 21.7 Å². The van der Waals surface area contributed by atoms with Crippen molar-refractivity contribution in [2.75, 3.05) is 0 Å². The SMILES string of the molecule is Cn1cc(CC(=O)Cc2ccc(Br)cc2)nn1. The summed E-state index contributed by atoms with van der Waals surface area (Å²) >= 11 is 3.36. The standard InChI is InChI=1S/C12H12BrN3O/c1-16-8-11(14-15-16)7-12(17)6-9-2-4-10(13)5-3-9/h2-5,8H,6-7H2,1H3. The predicted octanol–water partition coefficient (Wildman–Crippen LogP) is 1.93. The van der Waals surface area contributed by atoms with E-state index >= 15 is 0 Å². The second-order valence-corrected chi connectivity index (χ2v) is 4.82. The number of carbonyl (C=O) groups excluding carboxylic acids is 1. The highest BCUT2D eigenvalue weighted by Gasteiger charge is 2.07. The van der Waals surface area contributed by atoms with Crippen LogP contribution < -0.4 is 0 Å². The van der Waals surface area contributed by atoms with Gasteiger partial charge in [-0.2, -0.15) is 0 Å². The van der Waals surface area contributed by atoms with E-state index in [9.17, 15) is 4.79 Å². The number of aryl methyl sites for hydroxylation is 1. The average molecular weight is 294 g/mol. The van der Waals surface area contributed by atoms with E-state index in [2.05, 4.69) is 26.2 Å². The molecular formula is C12H12BrN3O. The minimum Gasteiger partial charge on any atom is -0.299 e. The second-order valence-electron chi connectivity index (χ2n) is 3.90. The van der Waals surface area contributed by atoms with Crippen molar-refractivity contribution in [1.82, 2.24) is 15.0 Å². The third kappa shape index (κ3) is 3.49. The van der Waals surface area contributed by atoms with Gasteiger partial charge in [0.15, 0.2) is 0 Å². The summed E-state index contributed by atoms with van der Waals surface area (Å²) in [5.74, 6) is 0.146. The van der Waals surface area contributed by atoms with Gasteiger partial charge in [0, 0.05) is 24.1 Å². The zero-order chi connectivity index (χ0) is 12.3. The molecule has 17 heavy (non-hydrogen) atoms. The number of Topliss-reactive ketones (excluding diaryl/α,β-unsaturated/α-hetero) is 1. The van der Waals surface area contributed by atoms with Crippen LogP contribution in [-0.2, 0) is 24.7 Å². The molecule has 1 aromatic carbocycles. The van der Waals surface area contributed by atoms with E-state index in [0.29, 0.717) is 12.8 Å². The van der Waals surface area contributed by atoms with Crippen molar-refractivity contribution < 1.29 is 4.79 Å². The molecule has 2 rings (SSSR count). The Morgan fingerprint density at radius 2 is 2.00 bits per heavy atom. The summed E-state index contributed by atoms with van der Waals surface area (Å²) < 4.78 is 2.62. The molecule has 0 aliphatic carbocycles. The molecule has 4 nitrogen and oxygen atoms in total. The molecule has 0 saturated carbocycles. The largest absolute Gasteiger partial charge is 0.299 e. The van der Waals surface area contributed by atoms with Gasteiger partial charge in [0.05, 0.1) is 12.1 Å². The quantitative estimate of drug-likeness (QED) is 0.865. The molecule has 0 aliphatic rings. The maximum Gasteiger partial charge on any atom is 0.143 e. The number of nitrogens with zero attached hydrogens (tertiary/aromatic N) is 3. The Kier molecular flexibility index (Phi) is 3.68. The molecule has 88 valence electrons. The van der Waals surface area contributed by atoms with Crippen LogP contribution in [0, 0.1) is 0 Å². The zero-order valence-corrected chi connectivity index (χ0v) is 11.0. The fourth-order valence-corrected chi connectivity index (χ4v) is 1.84. The lowest BCUT2D eigenvalue weighted by Gasteiger charge is -1.99. The van der Waals surface area contributed by atoms with E-state index in [1.807, 2.05) is 24.3 Å². The topological polar surface area (TPSA) is 47.8 Å². The number of hydrogen-bond donors (Lipinski definition) is 0. The molecule has 0 N–H and O–H groups in total. The van der Waals surface area contributed by atoms with Crippen LogP contribution in [0.3, 0.4) is 0 Å². The number of halogens is 1. The van der Waals surface area contributed by atoms with Crippen LogP contribution >= 0.6 is 15.9 Å². The average Bonchev–Trinajstić information content (AvgIpc) is 2.67. The molecule has 1 heterocycles. The smallest absolute Gasteiger partial charge is 0.143 e. The van der Waals surface area contributed by atoms with Gasteiger partial charge in [0.25, 0.3) is 0 Å². The zero-order valence-electron chi connectivity index (χ0n) is 9.43. The molecule has 0 aliphatic heterocycles. The minimum atomic E-state index is 0.146. The lowest BCUT2D eigenvalue weighted by atomic mass is 10.1. The number of aromatic nitrogens is 3. The number of ketones is 1. The van der Waals surface area contributed by atoms with Crippen LogP contribution in [0.5, 0.6) is 0 Å². The highest BCUT2D eigenvalue weighted by atomic mass is 79.9. The first-order chi connectivity index (χ1) is 8.13. The predicted molar refractivity (Wildman–Crippen MR) is 67.6 cm³/mol. The van der Waals surface area contributed by atoms with Gasteiger partial charge in [-0.05, 0) is 17.7 Å². The van der Waals surface area contributed by atoms with Crippen LogP contribution in [0.2, 0.25) is 0 Å². The van der Waals surface area contributed by atoms with Gasteiger partial charge in [-0.25, -0.2) is 0 Å². The van der Waals surface area contributed by atoms with E-state index in [4.69, 9.17) is 0 Å². The van der Waals surface area contributed by atoms with Crippen molar-refractivity contribution in [3.63, 3.8) is 0 Å². The monoisotopic (exact) mass is 293 g/mol. The molecule has 0 fully saturated rings. The molecule has 0 unspecified atom stereocenters. The second kappa shape index (κ2) is 5.23. The summed E-state index contributed by atoms with van der Waals surface area (Å²) in [6.07, 6.45) is 2.53. The molecule has 0 saturated heterocycles. The first-order valence-corrected chi connectivity index (χ1v) is 6.04. The normalized spacial score (nSPS) is 10.5. The van der Waals surface area contributed by atoms with Crippen LogP contribution in [0.1, 0.15) is 11.3 Å². The Morgan fingerprint density at radius 3 is 2.59 bits per heavy atom. The highest BCUT2D eigenvalue weighted by Crippen LogP contribution is 2.11. The fourth-order valence-electron chi connectivity index (χ4n) is 1.57. The molecule has 0 spiro atoms. The summed E-state index contributed by atoms with van der Waals surface area (Å²) in [4.78, 5) is 11.8. The maximum absolute atomic E-state index is 11.8. The first kappa shape index (κ1) is 12.0. The van der Waals surface area contributed by atoms with Crippen LogP contribution in [0.15, 0.2) is 34.9 Å². The fraction of sp³-hybridized carbons (Fsp3) is 0.250. The van der Waals surface area contributed by atoms with Crippen LogP contribution in [-0.4, -0.2) is 20.8 Å². The molecule has 0 amide bonds. The Balaban J connectivity index is 1.95. The van der Waals surface area contributed by atoms with Gasteiger partial charge in [0.2, 0.25) is 0 Å². The van der Waals surface area contributed by atoms with Gasteiger partial charge in [-0.15, -0.1) is 5.10 Å². The summed E-state index contributed by atoms with van der Waals surface area (Å²) in [6, 6.07) is 7.76. The van der Waals surface area contributed by atoms with Crippen LogP contribution in [0.25, 0.3) is 0 Å². The third-order valence-corrected chi connectivity index (χ3v) is 2.87. The van der Waals surface area contributed by atoms with Gasteiger partial charge in [0.1, 0.15) is 5.78 Å². The molecule has 0 atom stereocenters. The van der Waals surface area contributed by atoms with Crippen LogP contribution in [0.4, 0.5) is 0 Å². The number of benzene rings is 1. The molecule has 1 aromatic heterocycles. The summed E-state index contributed by atoms with van der Waals surface area (Å²) in [6.45, 7) is 0. The van der Waals surface area contributed by atoms with Crippen molar-refractivity contribution in [2.24, 2.45) is 7.05 Å². The van der Waals surface area contributed by atoms with Gasteiger partial charge in [-0.3, -0.25) is 9.48 Å². The van der Waals surface area contributed by atoms with E-state index < -0.39 is 0 Å². The Labute approximate surface area is 108 Å².